The van der Waals surface area contributed by atoms with E-state index in [1.54, 1.807) is 0 Å². The lowest BCUT2D eigenvalue weighted by Gasteiger charge is -2.05. The molecule has 16 heavy (non-hydrogen) atoms. The molecular formula is C12H16N2O2. The Morgan fingerprint density at radius 1 is 1.44 bits per heavy atom. The number of benzene rings is 1. The highest BCUT2D eigenvalue weighted by Gasteiger charge is 2.00. The van der Waals surface area contributed by atoms with Crippen molar-refractivity contribution in [3.63, 3.8) is 0 Å². The second kappa shape index (κ2) is 5.90. The van der Waals surface area contributed by atoms with Gasteiger partial charge in [0.15, 0.2) is 0 Å². The van der Waals surface area contributed by atoms with Gasteiger partial charge in [-0.15, -0.1) is 0 Å². The van der Waals surface area contributed by atoms with Gasteiger partial charge in [0.1, 0.15) is 6.61 Å². The minimum atomic E-state index is -0.0865. The summed E-state index contributed by atoms with van der Waals surface area (Å²) in [7, 11) is 0. The van der Waals surface area contributed by atoms with E-state index < -0.39 is 0 Å². The molecule has 0 saturated heterocycles. The van der Waals surface area contributed by atoms with Crippen molar-refractivity contribution in [1.82, 2.24) is 0 Å². The Hall–Kier alpha value is -1.84. The van der Waals surface area contributed by atoms with E-state index in [-0.39, 0.29) is 5.91 Å². The van der Waals surface area contributed by atoms with Gasteiger partial charge in [0.05, 0.1) is 5.71 Å². The zero-order valence-corrected chi connectivity index (χ0v) is 9.78. The first kappa shape index (κ1) is 12.2. The standard InChI is InChI=1S/C12H16N2O2/c1-4-16-14-9(2)11-6-5-7-12(8-11)13-10(3)15/h5-8H,4H2,1-3H3,(H,13,15). The van der Waals surface area contributed by atoms with Gasteiger partial charge in [0, 0.05) is 18.2 Å². The van der Waals surface area contributed by atoms with Crippen LogP contribution in [0.3, 0.4) is 0 Å². The Labute approximate surface area is 95.3 Å². The summed E-state index contributed by atoms with van der Waals surface area (Å²) in [6.07, 6.45) is 0. The second-order valence-corrected chi connectivity index (χ2v) is 3.36. The average molecular weight is 220 g/mol. The third-order valence-corrected chi connectivity index (χ3v) is 1.93. The fraction of sp³-hybridized carbons (Fsp3) is 0.333. The zero-order valence-electron chi connectivity index (χ0n) is 9.78. The maximum absolute atomic E-state index is 10.9. The number of nitrogens with zero attached hydrogens (tertiary/aromatic N) is 1. The number of carbonyl (C=O) groups is 1. The fourth-order valence-corrected chi connectivity index (χ4v) is 1.24. The van der Waals surface area contributed by atoms with Crippen molar-refractivity contribution in [3.05, 3.63) is 29.8 Å². The molecule has 0 spiro atoms. The van der Waals surface area contributed by atoms with Crippen molar-refractivity contribution in [1.29, 1.82) is 0 Å². The van der Waals surface area contributed by atoms with Crippen LogP contribution in [0.5, 0.6) is 0 Å². The van der Waals surface area contributed by atoms with Gasteiger partial charge >= 0.3 is 0 Å². The van der Waals surface area contributed by atoms with Crippen molar-refractivity contribution in [2.75, 3.05) is 11.9 Å². The van der Waals surface area contributed by atoms with E-state index in [1.807, 2.05) is 38.1 Å². The summed E-state index contributed by atoms with van der Waals surface area (Å²) >= 11 is 0. The molecule has 86 valence electrons. The van der Waals surface area contributed by atoms with Gasteiger partial charge in [0.2, 0.25) is 5.91 Å². The van der Waals surface area contributed by atoms with E-state index in [2.05, 4.69) is 10.5 Å². The molecule has 1 aromatic carbocycles. The number of rotatable bonds is 4. The van der Waals surface area contributed by atoms with Crippen molar-refractivity contribution < 1.29 is 9.63 Å². The number of hydrogen-bond acceptors (Lipinski definition) is 3. The maximum atomic E-state index is 10.9. The molecule has 0 aliphatic heterocycles. The van der Waals surface area contributed by atoms with Crippen LogP contribution in [-0.4, -0.2) is 18.2 Å². The van der Waals surface area contributed by atoms with Crippen LogP contribution < -0.4 is 5.32 Å². The molecule has 0 aromatic heterocycles. The van der Waals surface area contributed by atoms with Gasteiger partial charge in [-0.2, -0.15) is 0 Å². The zero-order chi connectivity index (χ0) is 12.0. The van der Waals surface area contributed by atoms with Crippen molar-refractivity contribution in [2.24, 2.45) is 5.16 Å². The second-order valence-electron chi connectivity index (χ2n) is 3.36. The first-order valence-electron chi connectivity index (χ1n) is 5.18. The summed E-state index contributed by atoms with van der Waals surface area (Å²) < 4.78 is 0. The van der Waals surface area contributed by atoms with Crippen LogP contribution in [0.25, 0.3) is 0 Å². The third kappa shape index (κ3) is 3.73. The Morgan fingerprint density at radius 2 is 2.19 bits per heavy atom. The topological polar surface area (TPSA) is 50.7 Å². The van der Waals surface area contributed by atoms with Crippen molar-refractivity contribution in [3.8, 4) is 0 Å². The number of anilines is 1. The number of oxime groups is 1. The van der Waals surface area contributed by atoms with Crippen LogP contribution in [0, 0.1) is 0 Å². The van der Waals surface area contributed by atoms with Gasteiger partial charge in [-0.05, 0) is 26.0 Å². The van der Waals surface area contributed by atoms with Crippen LogP contribution in [0.2, 0.25) is 0 Å². The Kier molecular flexibility index (Phi) is 4.51. The molecular weight excluding hydrogens is 204 g/mol. The van der Waals surface area contributed by atoms with Gasteiger partial charge < -0.3 is 10.2 Å². The van der Waals surface area contributed by atoms with Crippen LogP contribution >= 0.6 is 0 Å². The summed E-state index contributed by atoms with van der Waals surface area (Å²) in [4.78, 5) is 15.9. The summed E-state index contributed by atoms with van der Waals surface area (Å²) in [6, 6.07) is 7.48. The Balaban J connectivity index is 2.85. The third-order valence-electron chi connectivity index (χ3n) is 1.93. The molecule has 1 rings (SSSR count). The highest BCUT2D eigenvalue weighted by molar-refractivity contribution is 6.00. The molecule has 1 amide bonds. The normalized spacial score (nSPS) is 11.1. The van der Waals surface area contributed by atoms with E-state index >= 15 is 0 Å². The lowest BCUT2D eigenvalue weighted by molar-refractivity contribution is -0.114. The van der Waals surface area contributed by atoms with Crippen LogP contribution in [0.1, 0.15) is 26.3 Å². The molecule has 0 radical (unpaired) electrons. The number of hydrogen-bond donors (Lipinski definition) is 1. The van der Waals surface area contributed by atoms with Crippen molar-refractivity contribution in [2.45, 2.75) is 20.8 Å². The number of carbonyl (C=O) groups excluding carboxylic acids is 1. The molecule has 0 heterocycles. The molecule has 0 aliphatic rings. The van der Waals surface area contributed by atoms with E-state index in [0.717, 1.165) is 17.0 Å². The van der Waals surface area contributed by atoms with Crippen LogP contribution in [0.15, 0.2) is 29.4 Å². The smallest absolute Gasteiger partial charge is 0.221 e. The van der Waals surface area contributed by atoms with Gasteiger partial charge in [-0.1, -0.05) is 17.3 Å². The predicted molar refractivity (Wildman–Crippen MR) is 64.6 cm³/mol. The molecule has 1 N–H and O–H groups in total. The lowest BCUT2D eigenvalue weighted by Crippen LogP contribution is -2.06. The van der Waals surface area contributed by atoms with Crippen molar-refractivity contribution >= 4 is 17.3 Å². The molecule has 4 nitrogen and oxygen atoms in total. The maximum Gasteiger partial charge on any atom is 0.221 e. The highest BCUT2D eigenvalue weighted by Crippen LogP contribution is 2.11. The Morgan fingerprint density at radius 3 is 2.81 bits per heavy atom. The van der Waals surface area contributed by atoms with Gasteiger partial charge in [0.25, 0.3) is 0 Å². The quantitative estimate of drug-likeness (QED) is 0.625. The first-order valence-corrected chi connectivity index (χ1v) is 5.18. The fourth-order valence-electron chi connectivity index (χ4n) is 1.24. The molecule has 1 aromatic rings. The average Bonchev–Trinajstić information content (AvgIpc) is 2.25. The number of amides is 1. The molecule has 0 saturated carbocycles. The lowest BCUT2D eigenvalue weighted by atomic mass is 10.1. The van der Waals surface area contributed by atoms with Crippen LogP contribution in [0.4, 0.5) is 5.69 Å². The first-order chi connectivity index (χ1) is 7.63. The minimum Gasteiger partial charge on any atom is -0.396 e. The SMILES string of the molecule is CCON=C(C)c1cccc(NC(C)=O)c1. The molecule has 0 aliphatic carbocycles. The molecule has 0 fully saturated rings. The van der Waals surface area contributed by atoms with Crippen LogP contribution in [-0.2, 0) is 9.63 Å². The summed E-state index contributed by atoms with van der Waals surface area (Å²) in [5, 5.41) is 6.66. The summed E-state index contributed by atoms with van der Waals surface area (Å²) in [6.45, 7) is 5.77. The molecule has 0 unspecified atom stereocenters. The minimum absolute atomic E-state index is 0.0865. The largest absolute Gasteiger partial charge is 0.396 e. The van der Waals surface area contributed by atoms with Gasteiger partial charge in [-0.25, -0.2) is 0 Å². The molecule has 0 atom stereocenters. The van der Waals surface area contributed by atoms with E-state index in [0.29, 0.717) is 6.61 Å². The Bertz CT molecular complexity index is 400. The molecule has 0 bridgehead atoms. The summed E-state index contributed by atoms with van der Waals surface area (Å²) in [5.41, 5.74) is 2.48. The van der Waals surface area contributed by atoms with E-state index in [9.17, 15) is 4.79 Å². The monoisotopic (exact) mass is 220 g/mol. The van der Waals surface area contributed by atoms with E-state index in [4.69, 9.17) is 4.84 Å². The highest BCUT2D eigenvalue weighted by atomic mass is 16.6. The van der Waals surface area contributed by atoms with Gasteiger partial charge in [-0.3, -0.25) is 4.79 Å². The van der Waals surface area contributed by atoms with E-state index in [1.165, 1.54) is 6.92 Å². The molecule has 4 heteroatoms. The summed E-state index contributed by atoms with van der Waals surface area (Å²) in [5.74, 6) is -0.0865. The number of nitrogens with one attached hydrogen (secondary N) is 1. The predicted octanol–water partition coefficient (Wildman–Crippen LogP) is 2.41.